The Morgan fingerprint density at radius 3 is 2.52 bits per heavy atom. The summed E-state index contributed by atoms with van der Waals surface area (Å²) in [6.45, 7) is 6.84. The van der Waals surface area contributed by atoms with E-state index >= 15 is 0 Å². The second kappa shape index (κ2) is 7.70. The Morgan fingerprint density at radius 2 is 1.80 bits per heavy atom. The first-order valence-electron chi connectivity index (χ1n) is 8.31. The van der Waals surface area contributed by atoms with Crippen molar-refractivity contribution < 1.29 is 4.74 Å². The average Bonchev–Trinajstić information content (AvgIpc) is 2.89. The Balaban J connectivity index is 1.95. The molecule has 3 rings (SSSR count). The lowest BCUT2D eigenvalue weighted by Crippen LogP contribution is -1.99. The van der Waals surface area contributed by atoms with Gasteiger partial charge in [-0.05, 0) is 63.2 Å². The summed E-state index contributed by atoms with van der Waals surface area (Å²) in [7, 11) is 0. The molecule has 0 atom stereocenters. The molecular weight excluding hydrogens is 376 g/mol. The highest BCUT2D eigenvalue weighted by molar-refractivity contribution is 9.10. The van der Waals surface area contributed by atoms with Gasteiger partial charge in [0, 0.05) is 33.3 Å². The van der Waals surface area contributed by atoms with E-state index in [1.165, 1.54) is 5.69 Å². The summed E-state index contributed by atoms with van der Waals surface area (Å²) < 4.78 is 8.96. The number of hydrogen-bond donors (Lipinski definition) is 0. The van der Waals surface area contributed by atoms with Crippen LogP contribution in [0.1, 0.15) is 23.9 Å². The van der Waals surface area contributed by atoms with Gasteiger partial charge in [0.25, 0.3) is 0 Å². The van der Waals surface area contributed by atoms with Crippen LogP contribution in [0.25, 0.3) is 5.69 Å². The Morgan fingerprint density at radius 1 is 1.08 bits per heavy atom. The minimum atomic E-state index is 0.630. The van der Waals surface area contributed by atoms with Crippen LogP contribution in [-0.4, -0.2) is 17.4 Å². The van der Waals surface area contributed by atoms with Crippen molar-refractivity contribution in [3.05, 3.63) is 76.0 Å². The van der Waals surface area contributed by atoms with Crippen LogP contribution in [0.5, 0.6) is 5.75 Å². The summed E-state index contributed by atoms with van der Waals surface area (Å²) in [5.74, 6) is 0.808. The predicted molar refractivity (Wildman–Crippen MR) is 108 cm³/mol. The van der Waals surface area contributed by atoms with E-state index in [1.54, 1.807) is 0 Å². The number of aromatic nitrogens is 1. The number of halogens is 1. The van der Waals surface area contributed by atoms with Crippen LogP contribution in [0.15, 0.2) is 64.1 Å². The first-order chi connectivity index (χ1) is 12.1. The van der Waals surface area contributed by atoms with Crippen molar-refractivity contribution in [2.45, 2.75) is 20.8 Å². The summed E-state index contributed by atoms with van der Waals surface area (Å²) in [5.41, 5.74) is 5.44. The molecule has 0 aliphatic heterocycles. The number of hydrogen-bond acceptors (Lipinski definition) is 2. The quantitative estimate of drug-likeness (QED) is 0.485. The highest BCUT2D eigenvalue weighted by Crippen LogP contribution is 2.27. The molecule has 0 unspecified atom stereocenters. The molecule has 3 nitrogen and oxygen atoms in total. The van der Waals surface area contributed by atoms with Crippen LogP contribution >= 0.6 is 15.9 Å². The molecule has 0 radical (unpaired) electrons. The molecule has 3 aromatic rings. The van der Waals surface area contributed by atoms with Gasteiger partial charge in [0.05, 0.1) is 6.61 Å². The van der Waals surface area contributed by atoms with Crippen LogP contribution < -0.4 is 4.74 Å². The van der Waals surface area contributed by atoms with Crippen molar-refractivity contribution in [1.29, 1.82) is 0 Å². The lowest BCUT2D eigenvalue weighted by Gasteiger charge is -2.09. The summed E-state index contributed by atoms with van der Waals surface area (Å²) >= 11 is 3.49. The van der Waals surface area contributed by atoms with Crippen LogP contribution in [-0.2, 0) is 0 Å². The standard InChI is InChI=1S/C21H21BrN2O/c1-4-25-21-8-6-5-7-20(21)23-14-17-13-15(2)24(16(17)3)19-11-9-18(22)10-12-19/h5-14H,4H2,1-3H3. The smallest absolute Gasteiger partial charge is 0.144 e. The highest BCUT2D eigenvalue weighted by atomic mass is 79.9. The lowest BCUT2D eigenvalue weighted by atomic mass is 10.2. The molecule has 128 valence electrons. The fraction of sp³-hybridized carbons (Fsp3) is 0.190. The molecule has 2 aromatic carbocycles. The fourth-order valence-corrected chi connectivity index (χ4v) is 3.15. The zero-order chi connectivity index (χ0) is 17.8. The van der Waals surface area contributed by atoms with Gasteiger partial charge in [0.2, 0.25) is 0 Å². The second-order valence-corrected chi connectivity index (χ2v) is 6.71. The van der Waals surface area contributed by atoms with E-state index in [2.05, 4.69) is 69.7 Å². The van der Waals surface area contributed by atoms with Crippen molar-refractivity contribution in [1.82, 2.24) is 4.57 Å². The van der Waals surface area contributed by atoms with E-state index in [9.17, 15) is 0 Å². The van der Waals surface area contributed by atoms with E-state index in [0.29, 0.717) is 6.61 Å². The van der Waals surface area contributed by atoms with Gasteiger partial charge in [-0.25, -0.2) is 0 Å². The maximum Gasteiger partial charge on any atom is 0.144 e. The third kappa shape index (κ3) is 3.85. The summed E-state index contributed by atoms with van der Waals surface area (Å²) in [4.78, 5) is 4.65. The van der Waals surface area contributed by atoms with Gasteiger partial charge >= 0.3 is 0 Å². The van der Waals surface area contributed by atoms with Crippen LogP contribution in [0.3, 0.4) is 0 Å². The van der Waals surface area contributed by atoms with Gasteiger partial charge in [0.1, 0.15) is 11.4 Å². The van der Waals surface area contributed by atoms with Gasteiger partial charge in [-0.3, -0.25) is 4.99 Å². The summed E-state index contributed by atoms with van der Waals surface area (Å²) in [5, 5.41) is 0. The number of rotatable bonds is 5. The van der Waals surface area contributed by atoms with Crippen LogP contribution in [0, 0.1) is 13.8 Å². The number of nitrogens with zero attached hydrogens (tertiary/aromatic N) is 2. The molecule has 0 aliphatic rings. The van der Waals surface area contributed by atoms with E-state index < -0.39 is 0 Å². The van der Waals surface area contributed by atoms with Gasteiger partial charge in [0.15, 0.2) is 0 Å². The van der Waals surface area contributed by atoms with Gasteiger partial charge in [-0.1, -0.05) is 28.1 Å². The Hall–Kier alpha value is -2.33. The zero-order valence-electron chi connectivity index (χ0n) is 14.7. The third-order valence-electron chi connectivity index (χ3n) is 4.06. The first-order valence-corrected chi connectivity index (χ1v) is 9.10. The first kappa shape index (κ1) is 17.5. The van der Waals surface area contributed by atoms with Gasteiger partial charge < -0.3 is 9.30 Å². The van der Waals surface area contributed by atoms with Crippen molar-refractivity contribution in [3.8, 4) is 11.4 Å². The third-order valence-corrected chi connectivity index (χ3v) is 4.59. The Kier molecular flexibility index (Phi) is 5.39. The highest BCUT2D eigenvalue weighted by Gasteiger charge is 2.09. The molecule has 0 N–H and O–H groups in total. The SMILES string of the molecule is CCOc1ccccc1N=Cc1cc(C)n(-c2ccc(Br)cc2)c1C. The Bertz CT molecular complexity index is 895. The summed E-state index contributed by atoms with van der Waals surface area (Å²) in [6.07, 6.45) is 1.91. The summed E-state index contributed by atoms with van der Waals surface area (Å²) in [6, 6.07) is 18.3. The minimum Gasteiger partial charge on any atom is -0.492 e. The molecule has 0 fully saturated rings. The Labute approximate surface area is 157 Å². The predicted octanol–water partition coefficient (Wildman–Crippen LogP) is 6.01. The molecule has 4 heteroatoms. The molecule has 0 amide bonds. The monoisotopic (exact) mass is 396 g/mol. The van der Waals surface area contributed by atoms with Crippen LogP contribution in [0.4, 0.5) is 5.69 Å². The van der Waals surface area contributed by atoms with Gasteiger partial charge in [-0.15, -0.1) is 0 Å². The van der Waals surface area contributed by atoms with E-state index in [-0.39, 0.29) is 0 Å². The zero-order valence-corrected chi connectivity index (χ0v) is 16.2. The normalized spacial score (nSPS) is 11.2. The minimum absolute atomic E-state index is 0.630. The number of benzene rings is 2. The van der Waals surface area contributed by atoms with Gasteiger partial charge in [-0.2, -0.15) is 0 Å². The number of aryl methyl sites for hydroxylation is 1. The largest absolute Gasteiger partial charge is 0.492 e. The number of para-hydroxylation sites is 2. The van der Waals surface area contributed by atoms with Crippen molar-refractivity contribution >= 4 is 27.8 Å². The second-order valence-electron chi connectivity index (χ2n) is 5.80. The maximum absolute atomic E-state index is 5.64. The molecule has 0 saturated heterocycles. The molecule has 1 aromatic heterocycles. The van der Waals surface area contributed by atoms with E-state index in [1.807, 2.05) is 37.4 Å². The van der Waals surface area contributed by atoms with Crippen LogP contribution in [0.2, 0.25) is 0 Å². The van der Waals surface area contributed by atoms with Crippen molar-refractivity contribution in [2.24, 2.45) is 4.99 Å². The number of ether oxygens (including phenoxy) is 1. The lowest BCUT2D eigenvalue weighted by molar-refractivity contribution is 0.341. The molecule has 0 bridgehead atoms. The topological polar surface area (TPSA) is 26.5 Å². The fourth-order valence-electron chi connectivity index (χ4n) is 2.89. The molecule has 1 heterocycles. The molecule has 25 heavy (non-hydrogen) atoms. The molecule has 0 spiro atoms. The van der Waals surface area contributed by atoms with Crippen molar-refractivity contribution in [2.75, 3.05) is 6.61 Å². The van der Waals surface area contributed by atoms with Crippen molar-refractivity contribution in [3.63, 3.8) is 0 Å². The number of aliphatic imine (C=N–C) groups is 1. The molecule has 0 saturated carbocycles. The van der Waals surface area contributed by atoms with E-state index in [4.69, 9.17) is 4.74 Å². The maximum atomic E-state index is 5.64. The molecule has 0 aliphatic carbocycles. The molecular formula is C21H21BrN2O. The average molecular weight is 397 g/mol. The van der Waals surface area contributed by atoms with E-state index in [0.717, 1.165) is 32.9 Å².